The second-order valence-corrected chi connectivity index (χ2v) is 11.1. The molecule has 0 aliphatic carbocycles. The Kier molecular flexibility index (Phi) is 10.5. The van der Waals surface area contributed by atoms with Crippen LogP contribution in [-0.2, 0) is 20.9 Å². The molecule has 0 saturated heterocycles. The Bertz CT molecular complexity index is 1860. The van der Waals surface area contributed by atoms with Crippen molar-refractivity contribution in [2.24, 2.45) is 0 Å². The molecule has 14 heteroatoms. The maximum atomic E-state index is 14.1. The molecule has 1 aromatic heterocycles. The number of anilines is 1. The zero-order chi connectivity index (χ0) is 34.5. The average molecular weight is 655 g/mol. The number of esters is 1. The molecule has 0 aliphatic heterocycles. The number of amides is 1. The van der Waals surface area contributed by atoms with Gasteiger partial charge in [-0.05, 0) is 65.6 Å². The normalized spacial score (nSPS) is 12.7. The summed E-state index contributed by atoms with van der Waals surface area (Å²) in [5.41, 5.74) is 1.67. The Balaban J connectivity index is 1.71. The highest BCUT2D eigenvalue weighted by Crippen LogP contribution is 2.33. The average Bonchev–Trinajstić information content (AvgIpc) is 3.02. The van der Waals surface area contributed by atoms with Gasteiger partial charge in [-0.1, -0.05) is 31.2 Å². The molecule has 1 heterocycles. The maximum absolute atomic E-state index is 14.1. The number of H-pyrrole nitrogens is 1. The van der Waals surface area contributed by atoms with E-state index in [1.807, 2.05) is 19.9 Å². The molecule has 11 nitrogen and oxygen atoms in total. The van der Waals surface area contributed by atoms with E-state index in [1.165, 1.54) is 20.4 Å². The summed E-state index contributed by atoms with van der Waals surface area (Å²) in [6.07, 6.45) is -2.79. The quantitative estimate of drug-likeness (QED) is 0.1000. The zero-order valence-corrected chi connectivity index (χ0v) is 26.0. The van der Waals surface area contributed by atoms with Crippen molar-refractivity contribution in [2.75, 3.05) is 19.5 Å². The Labute approximate surface area is 267 Å². The SMILES string of the molecule is COC(=O)CC[C@H](C)c1ccc(C(Nc2ccc3cc[nH]c(=O)c3c2)C(=O)N(C)Cc2cc([N+](=O)[O-])ccc2OC(F)(F)F)cc1C. The van der Waals surface area contributed by atoms with Crippen molar-refractivity contribution in [2.45, 2.75) is 51.6 Å². The van der Waals surface area contributed by atoms with Crippen LogP contribution in [-0.4, -0.2) is 47.2 Å². The number of rotatable bonds is 12. The van der Waals surface area contributed by atoms with Crippen LogP contribution in [0.15, 0.2) is 71.7 Å². The number of nitrogens with zero attached hydrogens (tertiary/aromatic N) is 2. The molecule has 0 spiro atoms. The Morgan fingerprint density at radius 2 is 1.83 bits per heavy atom. The fourth-order valence-electron chi connectivity index (χ4n) is 5.33. The van der Waals surface area contributed by atoms with Crippen molar-refractivity contribution in [1.82, 2.24) is 9.88 Å². The molecule has 0 fully saturated rings. The lowest BCUT2D eigenvalue weighted by molar-refractivity contribution is -0.385. The van der Waals surface area contributed by atoms with Gasteiger partial charge in [0.2, 0.25) is 5.91 Å². The van der Waals surface area contributed by atoms with E-state index in [0.29, 0.717) is 28.4 Å². The number of aryl methyl sites for hydroxylation is 1. The number of halogens is 3. The number of likely N-dealkylation sites (N-methyl/N-ethyl adjacent to an activating group) is 1. The number of pyridine rings is 1. The third kappa shape index (κ3) is 8.66. The lowest BCUT2D eigenvalue weighted by Gasteiger charge is -2.27. The minimum atomic E-state index is -5.07. The minimum absolute atomic E-state index is 0.0129. The molecular formula is C33H33F3N4O7. The summed E-state index contributed by atoms with van der Waals surface area (Å²) in [5, 5.41) is 15.6. The molecule has 1 amide bonds. The summed E-state index contributed by atoms with van der Waals surface area (Å²) in [5.74, 6) is -1.60. The first kappa shape index (κ1) is 34.5. The number of fused-ring (bicyclic) bond motifs is 1. The van der Waals surface area contributed by atoms with Crippen molar-refractivity contribution in [1.29, 1.82) is 0 Å². The molecule has 248 valence electrons. The number of hydrogen-bond donors (Lipinski definition) is 2. The van der Waals surface area contributed by atoms with Crippen LogP contribution in [0.5, 0.6) is 5.75 Å². The molecule has 0 aliphatic rings. The van der Waals surface area contributed by atoms with Crippen LogP contribution in [0.1, 0.15) is 54.0 Å². The number of nitrogens with one attached hydrogen (secondary N) is 2. The monoisotopic (exact) mass is 654 g/mol. The van der Waals surface area contributed by atoms with Crippen LogP contribution in [0.25, 0.3) is 10.8 Å². The molecule has 3 aromatic carbocycles. The predicted octanol–water partition coefficient (Wildman–Crippen LogP) is 6.51. The van der Waals surface area contributed by atoms with Crippen LogP contribution in [0, 0.1) is 17.0 Å². The van der Waals surface area contributed by atoms with Gasteiger partial charge in [0, 0.05) is 55.0 Å². The van der Waals surface area contributed by atoms with Crippen molar-refractivity contribution >= 4 is 34.0 Å². The van der Waals surface area contributed by atoms with Gasteiger partial charge in [0.25, 0.3) is 11.2 Å². The number of non-ortho nitro benzene ring substituents is 1. The van der Waals surface area contributed by atoms with E-state index < -0.39 is 41.2 Å². The second kappa shape index (κ2) is 14.4. The molecule has 47 heavy (non-hydrogen) atoms. The smallest absolute Gasteiger partial charge is 0.469 e. The Morgan fingerprint density at radius 3 is 2.49 bits per heavy atom. The summed E-state index contributed by atoms with van der Waals surface area (Å²) in [6, 6.07) is 13.6. The van der Waals surface area contributed by atoms with Crippen LogP contribution in [0.4, 0.5) is 24.5 Å². The molecule has 2 N–H and O–H groups in total. The van der Waals surface area contributed by atoms with Gasteiger partial charge in [0.05, 0.1) is 12.0 Å². The third-order valence-corrected chi connectivity index (χ3v) is 7.76. The lowest BCUT2D eigenvalue weighted by atomic mass is 9.90. The number of benzene rings is 3. The summed E-state index contributed by atoms with van der Waals surface area (Å²) in [4.78, 5) is 52.6. The number of carbonyl (C=O) groups excluding carboxylic acids is 2. The van der Waals surface area contributed by atoms with Gasteiger partial charge >= 0.3 is 12.3 Å². The van der Waals surface area contributed by atoms with Gasteiger partial charge in [-0.25, -0.2) is 0 Å². The van der Waals surface area contributed by atoms with Crippen LogP contribution < -0.4 is 15.6 Å². The number of hydrogen-bond acceptors (Lipinski definition) is 8. The standard InChI is InChI=1S/C33H33F3N4O7/c1-19(5-12-29(41)46-4)26-10-7-22(15-20(26)2)30(38-24-8-6-21-13-14-37-31(42)27(21)17-24)32(43)39(3)18-23-16-25(40(44)45)9-11-28(23)47-33(34,35)36/h6-11,13-17,19,30,38H,5,12,18H2,1-4H3,(H,37,42)/t19-,30?/m0/s1. The molecule has 0 radical (unpaired) electrons. The number of ether oxygens (including phenoxy) is 2. The summed E-state index contributed by atoms with van der Waals surface area (Å²) < 4.78 is 48.3. The highest BCUT2D eigenvalue weighted by molar-refractivity contribution is 5.89. The van der Waals surface area contributed by atoms with Crippen molar-refractivity contribution < 1.29 is 37.2 Å². The van der Waals surface area contributed by atoms with Gasteiger partial charge in [-0.2, -0.15) is 0 Å². The molecule has 2 atom stereocenters. The molecule has 0 bridgehead atoms. The van der Waals surface area contributed by atoms with E-state index in [9.17, 15) is 37.7 Å². The van der Waals surface area contributed by atoms with Gasteiger partial charge < -0.3 is 24.7 Å². The predicted molar refractivity (Wildman–Crippen MR) is 168 cm³/mol. The summed E-state index contributed by atoms with van der Waals surface area (Å²) in [7, 11) is 2.68. The highest BCUT2D eigenvalue weighted by Gasteiger charge is 2.33. The Morgan fingerprint density at radius 1 is 1.09 bits per heavy atom. The zero-order valence-electron chi connectivity index (χ0n) is 26.0. The van der Waals surface area contributed by atoms with E-state index >= 15 is 0 Å². The van der Waals surface area contributed by atoms with Crippen LogP contribution >= 0.6 is 0 Å². The Hall–Kier alpha value is -5.40. The number of aromatic nitrogens is 1. The number of carbonyl (C=O) groups is 2. The summed E-state index contributed by atoms with van der Waals surface area (Å²) in [6.45, 7) is 3.37. The van der Waals surface area contributed by atoms with Crippen molar-refractivity contribution in [3.8, 4) is 5.75 Å². The first-order valence-electron chi connectivity index (χ1n) is 14.5. The number of nitro benzene ring substituents is 1. The highest BCUT2D eigenvalue weighted by atomic mass is 19.4. The van der Waals surface area contributed by atoms with E-state index in [0.717, 1.165) is 34.2 Å². The number of methoxy groups -OCH3 is 1. The van der Waals surface area contributed by atoms with E-state index in [1.54, 1.807) is 36.4 Å². The van der Waals surface area contributed by atoms with E-state index in [-0.39, 0.29) is 29.4 Å². The molecule has 4 rings (SSSR count). The fourth-order valence-corrected chi connectivity index (χ4v) is 5.33. The van der Waals surface area contributed by atoms with Gasteiger partial charge in [-0.15, -0.1) is 13.2 Å². The fraction of sp³-hybridized carbons (Fsp3) is 0.303. The van der Waals surface area contributed by atoms with Crippen LogP contribution in [0.2, 0.25) is 0 Å². The van der Waals surface area contributed by atoms with Crippen molar-refractivity contribution in [3.63, 3.8) is 0 Å². The van der Waals surface area contributed by atoms with Gasteiger partial charge in [0.15, 0.2) is 0 Å². The molecule has 0 saturated carbocycles. The summed E-state index contributed by atoms with van der Waals surface area (Å²) >= 11 is 0. The first-order chi connectivity index (χ1) is 22.2. The second-order valence-electron chi connectivity index (χ2n) is 11.1. The molecule has 4 aromatic rings. The van der Waals surface area contributed by atoms with Crippen molar-refractivity contribution in [3.05, 3.63) is 110 Å². The van der Waals surface area contributed by atoms with Gasteiger partial charge in [0.1, 0.15) is 11.8 Å². The molecule has 1 unspecified atom stereocenters. The lowest BCUT2D eigenvalue weighted by Crippen LogP contribution is -2.35. The number of nitro groups is 1. The maximum Gasteiger partial charge on any atom is 0.573 e. The number of aromatic amines is 1. The molecular weight excluding hydrogens is 621 g/mol. The first-order valence-corrected chi connectivity index (χ1v) is 14.5. The minimum Gasteiger partial charge on any atom is -0.469 e. The third-order valence-electron chi connectivity index (χ3n) is 7.76. The number of alkyl halides is 3. The van der Waals surface area contributed by atoms with Gasteiger partial charge in [-0.3, -0.25) is 24.5 Å². The van der Waals surface area contributed by atoms with E-state index in [2.05, 4.69) is 15.0 Å². The van der Waals surface area contributed by atoms with E-state index in [4.69, 9.17) is 4.74 Å². The largest absolute Gasteiger partial charge is 0.573 e. The topological polar surface area (TPSA) is 144 Å². The van der Waals surface area contributed by atoms with Crippen LogP contribution in [0.3, 0.4) is 0 Å².